The van der Waals surface area contributed by atoms with Crippen molar-refractivity contribution in [2.75, 3.05) is 31.5 Å². The van der Waals surface area contributed by atoms with Crippen LogP contribution in [0.2, 0.25) is 0 Å². The van der Waals surface area contributed by atoms with E-state index in [0.29, 0.717) is 19.6 Å². The molecule has 2 fully saturated rings. The molecule has 0 spiro atoms. The van der Waals surface area contributed by atoms with Gasteiger partial charge in [0.25, 0.3) is 0 Å². The number of hydrogen-bond acceptors (Lipinski definition) is 2. The lowest BCUT2D eigenvalue weighted by Crippen LogP contribution is -2.49. The summed E-state index contributed by atoms with van der Waals surface area (Å²) in [5.74, 6) is 0. The summed E-state index contributed by atoms with van der Waals surface area (Å²) in [6.07, 6.45) is 2.64. The van der Waals surface area contributed by atoms with Crippen molar-refractivity contribution in [3.8, 4) is 0 Å². The van der Waals surface area contributed by atoms with E-state index >= 15 is 0 Å². The highest BCUT2D eigenvalue weighted by Gasteiger charge is 2.36. The second-order valence-electron chi connectivity index (χ2n) is 8.59. The number of likely N-dealkylation sites (tertiary alicyclic amines) is 1. The molecule has 0 radical (unpaired) electrons. The molecule has 0 saturated carbocycles. The average Bonchev–Trinajstić information content (AvgIpc) is 3.14. The minimum atomic E-state index is -0.0588. The third kappa shape index (κ3) is 5.01. The zero-order valence-corrected chi connectivity index (χ0v) is 18.5. The highest BCUT2D eigenvalue weighted by Crippen LogP contribution is 2.23. The van der Waals surface area contributed by atoms with Gasteiger partial charge in [-0.15, -0.1) is 0 Å². The first-order chi connectivity index (χ1) is 15.0. The van der Waals surface area contributed by atoms with Gasteiger partial charge in [0.05, 0.1) is 0 Å². The predicted octanol–water partition coefficient (Wildman–Crippen LogP) is 4.49. The van der Waals surface area contributed by atoms with Crippen LogP contribution in [0.25, 0.3) is 0 Å². The number of nitrogens with zero attached hydrogens (tertiary/aromatic N) is 3. The van der Waals surface area contributed by atoms with Crippen LogP contribution >= 0.6 is 0 Å². The highest BCUT2D eigenvalue weighted by molar-refractivity contribution is 5.89. The average molecular weight is 421 g/mol. The molecule has 6 heteroatoms. The lowest BCUT2D eigenvalue weighted by atomic mass is 10.0. The minimum Gasteiger partial charge on any atom is -0.324 e. The fourth-order valence-corrected chi connectivity index (χ4v) is 4.52. The molecule has 0 aromatic heterocycles. The van der Waals surface area contributed by atoms with Crippen molar-refractivity contribution < 1.29 is 9.59 Å². The van der Waals surface area contributed by atoms with E-state index in [1.807, 2.05) is 45.0 Å². The Bertz CT molecular complexity index is 919. The van der Waals surface area contributed by atoms with Crippen LogP contribution in [0.15, 0.2) is 48.5 Å². The molecule has 2 aliphatic rings. The summed E-state index contributed by atoms with van der Waals surface area (Å²) in [6.45, 7) is 7.73. The third-order valence-electron chi connectivity index (χ3n) is 6.39. The van der Waals surface area contributed by atoms with Gasteiger partial charge in [0, 0.05) is 44.5 Å². The Kier molecular flexibility index (Phi) is 6.44. The van der Waals surface area contributed by atoms with E-state index in [2.05, 4.69) is 37.4 Å². The Labute approximate surface area is 184 Å². The summed E-state index contributed by atoms with van der Waals surface area (Å²) in [5, 5.41) is 2.99. The number of rotatable bonds is 5. The number of amides is 4. The van der Waals surface area contributed by atoms with Crippen LogP contribution in [0.1, 0.15) is 36.5 Å². The summed E-state index contributed by atoms with van der Waals surface area (Å²) >= 11 is 0. The predicted molar refractivity (Wildman–Crippen MR) is 123 cm³/mol. The zero-order valence-electron chi connectivity index (χ0n) is 18.5. The Morgan fingerprint density at radius 1 is 1.00 bits per heavy atom. The first-order valence-electron chi connectivity index (χ1n) is 11.3. The summed E-state index contributed by atoms with van der Waals surface area (Å²) < 4.78 is 0. The largest absolute Gasteiger partial charge is 0.324 e. The molecule has 31 heavy (non-hydrogen) atoms. The Hall–Kier alpha value is -3.02. The molecular weight excluding hydrogens is 388 g/mol. The van der Waals surface area contributed by atoms with Crippen molar-refractivity contribution in [1.29, 1.82) is 0 Å². The van der Waals surface area contributed by atoms with Crippen LogP contribution in [0.5, 0.6) is 0 Å². The van der Waals surface area contributed by atoms with Crippen LogP contribution in [0.4, 0.5) is 15.3 Å². The van der Waals surface area contributed by atoms with E-state index in [1.165, 1.54) is 16.7 Å². The van der Waals surface area contributed by atoms with Crippen molar-refractivity contribution in [3.05, 3.63) is 65.2 Å². The van der Waals surface area contributed by atoms with Gasteiger partial charge < -0.3 is 20.0 Å². The normalized spacial score (nSPS) is 17.4. The number of benzene rings is 2. The van der Waals surface area contributed by atoms with E-state index in [4.69, 9.17) is 0 Å². The van der Waals surface area contributed by atoms with E-state index in [-0.39, 0.29) is 18.1 Å². The number of piperidine rings is 1. The van der Waals surface area contributed by atoms with Crippen molar-refractivity contribution >= 4 is 17.7 Å². The number of aryl methyl sites for hydroxylation is 2. The fourth-order valence-electron chi connectivity index (χ4n) is 4.52. The van der Waals surface area contributed by atoms with E-state index in [1.54, 1.807) is 0 Å². The van der Waals surface area contributed by atoms with Crippen molar-refractivity contribution in [2.24, 2.45) is 0 Å². The Morgan fingerprint density at radius 3 is 2.42 bits per heavy atom. The molecule has 2 aromatic rings. The topological polar surface area (TPSA) is 55.9 Å². The Morgan fingerprint density at radius 2 is 1.74 bits per heavy atom. The summed E-state index contributed by atoms with van der Waals surface area (Å²) in [6, 6.07) is 16.6. The standard InChI is InChI=1S/C25H32N4O2/c1-3-20-7-9-22(10-8-20)26-24(30)27-13-11-23(12-14-27)29-16-15-28(25(29)31)18-21-6-4-5-19(2)17-21/h4-10,17,23H,3,11-16,18H2,1-2H3,(H,26,30). The maximum Gasteiger partial charge on any atom is 0.321 e. The number of urea groups is 2. The Balaban J connectivity index is 1.27. The molecule has 0 aliphatic carbocycles. The second kappa shape index (κ2) is 9.41. The lowest BCUT2D eigenvalue weighted by molar-refractivity contribution is 0.139. The molecule has 6 nitrogen and oxygen atoms in total. The van der Waals surface area contributed by atoms with E-state index in [9.17, 15) is 9.59 Å². The zero-order chi connectivity index (χ0) is 21.8. The van der Waals surface area contributed by atoms with Crippen LogP contribution in [-0.4, -0.2) is 59.0 Å². The number of carbonyl (C=O) groups excluding carboxylic acids is 2. The molecule has 4 amide bonds. The summed E-state index contributed by atoms with van der Waals surface area (Å²) in [5.41, 5.74) is 4.47. The fraction of sp³-hybridized carbons (Fsp3) is 0.440. The van der Waals surface area contributed by atoms with Gasteiger partial charge in [0.15, 0.2) is 0 Å². The quantitative estimate of drug-likeness (QED) is 0.775. The van der Waals surface area contributed by atoms with Gasteiger partial charge in [-0.2, -0.15) is 0 Å². The van der Waals surface area contributed by atoms with Gasteiger partial charge in [-0.05, 0) is 49.4 Å². The van der Waals surface area contributed by atoms with Gasteiger partial charge in [-0.1, -0.05) is 48.9 Å². The molecule has 2 aromatic carbocycles. The molecule has 1 N–H and O–H groups in total. The lowest BCUT2D eigenvalue weighted by Gasteiger charge is -2.36. The maximum absolute atomic E-state index is 13.0. The molecule has 4 rings (SSSR count). The minimum absolute atomic E-state index is 0.0588. The van der Waals surface area contributed by atoms with Crippen LogP contribution in [0.3, 0.4) is 0 Å². The summed E-state index contributed by atoms with van der Waals surface area (Å²) in [4.78, 5) is 31.4. The first-order valence-corrected chi connectivity index (χ1v) is 11.3. The van der Waals surface area contributed by atoms with Gasteiger partial charge in [0.1, 0.15) is 0 Å². The molecule has 2 saturated heterocycles. The van der Waals surface area contributed by atoms with Gasteiger partial charge in [0.2, 0.25) is 0 Å². The SMILES string of the molecule is CCc1ccc(NC(=O)N2CCC(N3CCN(Cc4cccc(C)c4)C3=O)CC2)cc1. The number of nitrogens with one attached hydrogen (secondary N) is 1. The van der Waals surface area contributed by atoms with Crippen LogP contribution in [-0.2, 0) is 13.0 Å². The maximum atomic E-state index is 13.0. The van der Waals surface area contributed by atoms with Crippen LogP contribution in [0, 0.1) is 6.92 Å². The van der Waals surface area contributed by atoms with E-state index < -0.39 is 0 Å². The number of carbonyl (C=O) groups is 2. The first kappa shape index (κ1) is 21.2. The monoisotopic (exact) mass is 420 g/mol. The molecule has 2 heterocycles. The van der Waals surface area contributed by atoms with E-state index in [0.717, 1.165) is 38.0 Å². The van der Waals surface area contributed by atoms with Crippen molar-refractivity contribution in [3.63, 3.8) is 0 Å². The van der Waals surface area contributed by atoms with Crippen LogP contribution < -0.4 is 5.32 Å². The van der Waals surface area contributed by atoms with Crippen molar-refractivity contribution in [2.45, 2.75) is 45.7 Å². The third-order valence-corrected chi connectivity index (χ3v) is 6.39. The van der Waals surface area contributed by atoms with Gasteiger partial charge in [-0.25, -0.2) is 9.59 Å². The van der Waals surface area contributed by atoms with Gasteiger partial charge >= 0.3 is 12.1 Å². The molecule has 164 valence electrons. The summed E-state index contributed by atoms with van der Waals surface area (Å²) in [7, 11) is 0. The smallest absolute Gasteiger partial charge is 0.321 e. The number of anilines is 1. The van der Waals surface area contributed by atoms with Gasteiger partial charge in [-0.3, -0.25) is 0 Å². The molecule has 0 bridgehead atoms. The molecule has 0 atom stereocenters. The number of hydrogen-bond donors (Lipinski definition) is 1. The molecule has 2 aliphatic heterocycles. The van der Waals surface area contributed by atoms with Crippen molar-refractivity contribution in [1.82, 2.24) is 14.7 Å². The molecule has 0 unspecified atom stereocenters. The highest BCUT2D eigenvalue weighted by atomic mass is 16.2. The second-order valence-corrected chi connectivity index (χ2v) is 8.59. The molecular formula is C25H32N4O2.